The minimum Gasteiger partial charge on any atom is -0.381 e. The Labute approximate surface area is 108 Å². The summed E-state index contributed by atoms with van der Waals surface area (Å²) in [6.07, 6.45) is 3.49. The van der Waals surface area contributed by atoms with Crippen LogP contribution >= 0.6 is 0 Å². The first-order chi connectivity index (χ1) is 8.70. The van der Waals surface area contributed by atoms with E-state index in [0.29, 0.717) is 5.69 Å². The molecular formula is C14H20N2O2. The molecule has 1 fully saturated rings. The van der Waals surface area contributed by atoms with Gasteiger partial charge in [0.15, 0.2) is 0 Å². The second kappa shape index (κ2) is 5.96. The fourth-order valence-corrected chi connectivity index (χ4v) is 2.41. The lowest BCUT2D eigenvalue weighted by Gasteiger charge is -2.37. The Morgan fingerprint density at radius 2 is 2.11 bits per heavy atom. The smallest absolute Gasteiger partial charge is 0.272 e. The van der Waals surface area contributed by atoms with Crippen LogP contribution in [0.3, 0.4) is 0 Å². The molecule has 0 N–H and O–H groups in total. The summed E-state index contributed by atoms with van der Waals surface area (Å²) in [6, 6.07) is 5.90. The van der Waals surface area contributed by atoms with Gasteiger partial charge < -0.3 is 9.64 Å². The largest absolute Gasteiger partial charge is 0.381 e. The molecule has 1 aromatic rings. The maximum absolute atomic E-state index is 12.5. The Kier molecular flexibility index (Phi) is 4.31. The number of nitrogens with zero attached hydrogens (tertiary/aromatic N) is 2. The maximum Gasteiger partial charge on any atom is 0.272 e. The number of pyridine rings is 1. The summed E-state index contributed by atoms with van der Waals surface area (Å²) in [7, 11) is 0. The standard InChI is InChI=1S/C14H20N2O2/c1-11(2)16(12-6-9-18-10-7-12)14(17)13-5-3-4-8-15-13/h3-5,8,11-12H,6-7,9-10H2,1-2H3. The van der Waals surface area contributed by atoms with Crippen LogP contribution < -0.4 is 0 Å². The molecule has 18 heavy (non-hydrogen) atoms. The van der Waals surface area contributed by atoms with Crippen LogP contribution in [0.15, 0.2) is 24.4 Å². The molecule has 0 saturated carbocycles. The van der Waals surface area contributed by atoms with E-state index in [1.807, 2.05) is 17.0 Å². The van der Waals surface area contributed by atoms with Crippen LogP contribution in [0.1, 0.15) is 37.2 Å². The van der Waals surface area contributed by atoms with Crippen LogP contribution in [0.4, 0.5) is 0 Å². The molecule has 0 spiro atoms. The Bertz CT molecular complexity index is 386. The number of aromatic nitrogens is 1. The summed E-state index contributed by atoms with van der Waals surface area (Å²) in [5.41, 5.74) is 0.526. The zero-order chi connectivity index (χ0) is 13.0. The number of ether oxygens (including phenoxy) is 1. The van der Waals surface area contributed by atoms with E-state index < -0.39 is 0 Å². The van der Waals surface area contributed by atoms with Crippen molar-refractivity contribution in [2.75, 3.05) is 13.2 Å². The van der Waals surface area contributed by atoms with Crippen molar-refractivity contribution < 1.29 is 9.53 Å². The molecule has 0 unspecified atom stereocenters. The highest BCUT2D eigenvalue weighted by molar-refractivity contribution is 5.92. The quantitative estimate of drug-likeness (QED) is 0.822. The minimum absolute atomic E-state index is 0.0255. The van der Waals surface area contributed by atoms with Gasteiger partial charge in [-0.1, -0.05) is 6.07 Å². The van der Waals surface area contributed by atoms with Gasteiger partial charge in [0.25, 0.3) is 5.91 Å². The van der Waals surface area contributed by atoms with E-state index >= 15 is 0 Å². The summed E-state index contributed by atoms with van der Waals surface area (Å²) in [5.74, 6) is 0.0255. The number of hydrogen-bond acceptors (Lipinski definition) is 3. The number of amides is 1. The van der Waals surface area contributed by atoms with Crippen molar-refractivity contribution in [1.82, 2.24) is 9.88 Å². The molecule has 1 aromatic heterocycles. The molecule has 0 bridgehead atoms. The van der Waals surface area contributed by atoms with E-state index in [2.05, 4.69) is 18.8 Å². The Morgan fingerprint density at radius 1 is 1.39 bits per heavy atom. The molecule has 0 aromatic carbocycles. The molecule has 0 atom stereocenters. The molecule has 0 radical (unpaired) electrons. The van der Waals surface area contributed by atoms with Crippen molar-refractivity contribution in [1.29, 1.82) is 0 Å². The van der Waals surface area contributed by atoms with Gasteiger partial charge >= 0.3 is 0 Å². The molecule has 0 aliphatic carbocycles. The van der Waals surface area contributed by atoms with Crippen molar-refractivity contribution in [3.05, 3.63) is 30.1 Å². The van der Waals surface area contributed by atoms with Crippen LogP contribution in [0, 0.1) is 0 Å². The number of carbonyl (C=O) groups is 1. The SMILES string of the molecule is CC(C)N(C(=O)c1ccccn1)C1CCOCC1. The van der Waals surface area contributed by atoms with Crippen molar-refractivity contribution in [2.24, 2.45) is 0 Å². The van der Waals surface area contributed by atoms with E-state index in [4.69, 9.17) is 4.74 Å². The van der Waals surface area contributed by atoms with Crippen molar-refractivity contribution in [3.63, 3.8) is 0 Å². The summed E-state index contributed by atoms with van der Waals surface area (Å²) in [6.45, 7) is 5.58. The van der Waals surface area contributed by atoms with E-state index in [9.17, 15) is 4.79 Å². The zero-order valence-electron chi connectivity index (χ0n) is 11.0. The maximum atomic E-state index is 12.5. The summed E-state index contributed by atoms with van der Waals surface area (Å²) in [4.78, 5) is 18.6. The first-order valence-corrected chi connectivity index (χ1v) is 6.51. The summed E-state index contributed by atoms with van der Waals surface area (Å²) < 4.78 is 5.36. The second-order valence-corrected chi connectivity index (χ2v) is 4.86. The van der Waals surface area contributed by atoms with E-state index in [0.717, 1.165) is 26.1 Å². The topological polar surface area (TPSA) is 42.4 Å². The summed E-state index contributed by atoms with van der Waals surface area (Å²) in [5, 5.41) is 0. The third-order valence-electron chi connectivity index (χ3n) is 3.26. The second-order valence-electron chi connectivity index (χ2n) is 4.86. The molecule has 4 heteroatoms. The minimum atomic E-state index is 0.0255. The van der Waals surface area contributed by atoms with Gasteiger partial charge in [0.05, 0.1) is 0 Å². The van der Waals surface area contributed by atoms with Gasteiger partial charge in [0.1, 0.15) is 5.69 Å². The third kappa shape index (κ3) is 2.88. The highest BCUT2D eigenvalue weighted by atomic mass is 16.5. The van der Waals surface area contributed by atoms with Crippen LogP contribution in [-0.2, 0) is 4.74 Å². The predicted octanol–water partition coefficient (Wildman–Crippen LogP) is 2.11. The molecule has 98 valence electrons. The molecule has 1 amide bonds. The average Bonchev–Trinajstić information content (AvgIpc) is 2.40. The molecular weight excluding hydrogens is 228 g/mol. The Hall–Kier alpha value is -1.42. The Morgan fingerprint density at radius 3 is 2.67 bits per heavy atom. The number of rotatable bonds is 3. The van der Waals surface area contributed by atoms with Crippen LogP contribution in [-0.4, -0.2) is 41.1 Å². The van der Waals surface area contributed by atoms with Gasteiger partial charge in [-0.15, -0.1) is 0 Å². The molecule has 4 nitrogen and oxygen atoms in total. The lowest BCUT2D eigenvalue weighted by atomic mass is 10.0. The van der Waals surface area contributed by atoms with Gasteiger partial charge in [-0.2, -0.15) is 0 Å². The van der Waals surface area contributed by atoms with Gasteiger partial charge in [0.2, 0.25) is 0 Å². The Balaban J connectivity index is 2.17. The lowest BCUT2D eigenvalue weighted by molar-refractivity contribution is 0.0202. The lowest BCUT2D eigenvalue weighted by Crippen LogP contribution is -2.47. The highest BCUT2D eigenvalue weighted by Gasteiger charge is 2.29. The first-order valence-electron chi connectivity index (χ1n) is 6.51. The normalized spacial score (nSPS) is 16.8. The number of hydrogen-bond donors (Lipinski definition) is 0. The van der Waals surface area contributed by atoms with E-state index in [-0.39, 0.29) is 18.0 Å². The molecule has 2 rings (SSSR count). The fraction of sp³-hybridized carbons (Fsp3) is 0.571. The number of carbonyl (C=O) groups excluding carboxylic acids is 1. The van der Waals surface area contributed by atoms with Crippen LogP contribution in [0.5, 0.6) is 0 Å². The van der Waals surface area contributed by atoms with Gasteiger partial charge in [0, 0.05) is 31.5 Å². The molecule has 2 heterocycles. The third-order valence-corrected chi connectivity index (χ3v) is 3.26. The van der Waals surface area contributed by atoms with Crippen LogP contribution in [0.25, 0.3) is 0 Å². The molecule has 1 saturated heterocycles. The van der Waals surface area contributed by atoms with Crippen molar-refractivity contribution in [3.8, 4) is 0 Å². The predicted molar refractivity (Wildman–Crippen MR) is 69.4 cm³/mol. The van der Waals surface area contributed by atoms with Gasteiger partial charge in [-0.3, -0.25) is 9.78 Å². The van der Waals surface area contributed by atoms with Gasteiger partial charge in [-0.05, 0) is 38.8 Å². The van der Waals surface area contributed by atoms with E-state index in [1.165, 1.54) is 0 Å². The summed E-state index contributed by atoms with van der Waals surface area (Å²) >= 11 is 0. The van der Waals surface area contributed by atoms with Crippen molar-refractivity contribution >= 4 is 5.91 Å². The molecule has 1 aliphatic heterocycles. The van der Waals surface area contributed by atoms with Crippen molar-refractivity contribution in [2.45, 2.75) is 38.8 Å². The van der Waals surface area contributed by atoms with Crippen LogP contribution in [0.2, 0.25) is 0 Å². The average molecular weight is 248 g/mol. The van der Waals surface area contributed by atoms with E-state index in [1.54, 1.807) is 12.3 Å². The molecule has 1 aliphatic rings. The monoisotopic (exact) mass is 248 g/mol. The zero-order valence-corrected chi connectivity index (χ0v) is 11.0. The highest BCUT2D eigenvalue weighted by Crippen LogP contribution is 2.19. The first kappa shape index (κ1) is 13.0. The van der Waals surface area contributed by atoms with Gasteiger partial charge in [-0.25, -0.2) is 0 Å². The fourth-order valence-electron chi connectivity index (χ4n) is 2.41.